The lowest BCUT2D eigenvalue weighted by Gasteiger charge is -2.20. The largest absolute Gasteiger partial charge is 0.508 e. The van der Waals surface area contributed by atoms with E-state index >= 15 is 0 Å². The SMILES string of the molecule is Oc1cccc(C2=C3C=CC(=N3)C=c3ccc([nH]3)=CC3=NC(=CC4NC2CC4c2cccc(OC(F)(F)C(F)F)c2)C=C3)c1. The third-order valence-corrected chi connectivity index (χ3v) is 7.93. The van der Waals surface area contributed by atoms with Crippen LogP contribution < -0.4 is 20.8 Å². The average Bonchev–Trinajstić information content (AvgIpc) is 3.79. The first kappa shape index (κ1) is 27.8. The van der Waals surface area contributed by atoms with E-state index in [-0.39, 0.29) is 29.5 Å². The maximum atomic E-state index is 13.8. The molecule has 6 nitrogen and oxygen atoms in total. The number of rotatable bonds is 5. The van der Waals surface area contributed by atoms with Crippen LogP contribution in [-0.2, 0) is 0 Å². The number of hydrogen-bond acceptors (Lipinski definition) is 5. The second-order valence-corrected chi connectivity index (χ2v) is 11.0. The standard InChI is InChI=1S/C34H26F4N4O2/c35-33(36)34(37,38)44-27-6-2-3-19(14-27)28-18-31-32(20-4-1-5-26(43)13-20)29-12-11-24(41-29)16-23-8-7-21(39-23)15-22-9-10-25(40-22)17-30(28)42-31/h1-17,28,30-31,33,39,42-43H,18H2. The summed E-state index contributed by atoms with van der Waals surface area (Å²) in [7, 11) is 0. The molecular formula is C34H26F4N4O2. The summed E-state index contributed by atoms with van der Waals surface area (Å²) in [6, 6.07) is 16.2. The van der Waals surface area contributed by atoms with E-state index in [9.17, 15) is 22.7 Å². The molecule has 4 aliphatic heterocycles. The maximum absolute atomic E-state index is 13.8. The fourth-order valence-electron chi connectivity index (χ4n) is 6.01. The monoisotopic (exact) mass is 598 g/mol. The predicted octanol–water partition coefficient (Wildman–Crippen LogP) is 5.36. The molecule has 0 amide bonds. The molecule has 8 bridgehead atoms. The summed E-state index contributed by atoms with van der Waals surface area (Å²) in [6.07, 6.45) is 5.44. The van der Waals surface area contributed by atoms with Crippen molar-refractivity contribution < 1.29 is 27.4 Å². The molecular weight excluding hydrogens is 572 g/mol. The summed E-state index contributed by atoms with van der Waals surface area (Å²) in [5, 5.41) is 15.8. The van der Waals surface area contributed by atoms with Crippen molar-refractivity contribution in [2.45, 2.75) is 37.0 Å². The van der Waals surface area contributed by atoms with Crippen LogP contribution in [-0.4, -0.2) is 46.1 Å². The van der Waals surface area contributed by atoms with Gasteiger partial charge in [0.15, 0.2) is 0 Å². The smallest absolute Gasteiger partial charge is 0.461 e. The number of alkyl halides is 4. The average molecular weight is 599 g/mol. The summed E-state index contributed by atoms with van der Waals surface area (Å²) >= 11 is 0. The first-order chi connectivity index (χ1) is 21.2. The van der Waals surface area contributed by atoms with Crippen LogP contribution >= 0.6 is 0 Å². The second-order valence-electron chi connectivity index (χ2n) is 11.0. The molecule has 3 atom stereocenters. The highest BCUT2D eigenvalue weighted by molar-refractivity contribution is 6.20. The van der Waals surface area contributed by atoms with Gasteiger partial charge in [-0.2, -0.15) is 17.6 Å². The number of fused-ring (bicyclic) bond motifs is 6. The van der Waals surface area contributed by atoms with Crippen molar-refractivity contribution in [3.8, 4) is 11.5 Å². The number of nitrogens with one attached hydrogen (secondary N) is 2. The molecule has 10 heteroatoms. The van der Waals surface area contributed by atoms with Crippen molar-refractivity contribution >= 4 is 29.1 Å². The molecule has 0 radical (unpaired) electrons. The van der Waals surface area contributed by atoms with Gasteiger partial charge in [0, 0.05) is 34.3 Å². The highest BCUT2D eigenvalue weighted by Gasteiger charge is 2.44. The van der Waals surface area contributed by atoms with Crippen LogP contribution in [0.3, 0.4) is 0 Å². The topological polar surface area (TPSA) is 82.0 Å². The number of aliphatic imine (C=N–C) groups is 2. The number of allylic oxidation sites excluding steroid dienone is 4. The first-order valence-electron chi connectivity index (χ1n) is 14.1. The Labute approximate surface area is 249 Å². The van der Waals surface area contributed by atoms with Gasteiger partial charge in [0.25, 0.3) is 0 Å². The molecule has 3 unspecified atom stereocenters. The molecule has 2 aromatic carbocycles. The summed E-state index contributed by atoms with van der Waals surface area (Å²) in [5.41, 5.74) is 5.19. The number of benzene rings is 2. The molecule has 5 heterocycles. The van der Waals surface area contributed by atoms with E-state index in [4.69, 9.17) is 9.98 Å². The lowest BCUT2D eigenvalue weighted by molar-refractivity contribution is -0.253. The van der Waals surface area contributed by atoms with E-state index in [1.165, 1.54) is 18.2 Å². The Morgan fingerprint density at radius 2 is 1.64 bits per heavy atom. The number of aromatic amines is 1. The number of phenolic OH excluding ortho intramolecular Hbond substituents is 1. The Hall–Kier alpha value is -4.96. The highest BCUT2D eigenvalue weighted by Crippen LogP contribution is 2.41. The molecule has 1 fully saturated rings. The molecule has 1 saturated heterocycles. The molecule has 3 aromatic rings. The van der Waals surface area contributed by atoms with Crippen LogP contribution in [0.4, 0.5) is 17.6 Å². The van der Waals surface area contributed by atoms with Crippen LogP contribution in [0.25, 0.3) is 17.7 Å². The van der Waals surface area contributed by atoms with Crippen LogP contribution in [0, 0.1) is 0 Å². The third-order valence-electron chi connectivity index (χ3n) is 7.93. The van der Waals surface area contributed by atoms with Gasteiger partial charge in [-0.3, -0.25) is 0 Å². The van der Waals surface area contributed by atoms with Crippen molar-refractivity contribution in [3.63, 3.8) is 0 Å². The van der Waals surface area contributed by atoms with Crippen LogP contribution in [0.15, 0.2) is 112 Å². The van der Waals surface area contributed by atoms with Gasteiger partial charge >= 0.3 is 12.5 Å². The second kappa shape index (κ2) is 10.9. The number of ether oxygens (including phenoxy) is 1. The minimum atomic E-state index is -4.62. The number of aromatic hydroxyl groups is 1. The van der Waals surface area contributed by atoms with Gasteiger partial charge in [-0.15, -0.1) is 0 Å². The van der Waals surface area contributed by atoms with Crippen molar-refractivity contribution in [1.82, 2.24) is 10.3 Å². The van der Waals surface area contributed by atoms with Crippen molar-refractivity contribution in [2.24, 2.45) is 9.98 Å². The molecule has 0 saturated carbocycles. The summed E-state index contributed by atoms with van der Waals surface area (Å²) in [4.78, 5) is 13.0. The van der Waals surface area contributed by atoms with Crippen LogP contribution in [0.2, 0.25) is 0 Å². The molecule has 0 spiro atoms. The van der Waals surface area contributed by atoms with E-state index in [2.05, 4.69) is 15.0 Å². The third kappa shape index (κ3) is 5.56. The van der Waals surface area contributed by atoms with Gasteiger partial charge in [-0.05, 0) is 96.5 Å². The van der Waals surface area contributed by atoms with E-state index in [0.29, 0.717) is 23.4 Å². The molecule has 44 heavy (non-hydrogen) atoms. The Balaban J connectivity index is 1.37. The normalized spacial score (nSPS) is 22.5. The van der Waals surface area contributed by atoms with Crippen LogP contribution in [0.1, 0.15) is 23.5 Å². The quantitative estimate of drug-likeness (QED) is 0.346. The van der Waals surface area contributed by atoms with Gasteiger partial charge in [0.05, 0.1) is 22.8 Å². The van der Waals surface area contributed by atoms with E-state index in [1.807, 2.05) is 60.7 Å². The Morgan fingerprint density at radius 1 is 0.886 bits per heavy atom. The summed E-state index contributed by atoms with van der Waals surface area (Å²) < 4.78 is 57.8. The number of nitrogens with zero attached hydrogens (tertiary/aromatic N) is 2. The number of hydrogen-bond donors (Lipinski definition) is 3. The van der Waals surface area contributed by atoms with Gasteiger partial charge in [-0.25, -0.2) is 9.98 Å². The predicted molar refractivity (Wildman–Crippen MR) is 161 cm³/mol. The number of phenols is 1. The van der Waals surface area contributed by atoms with Gasteiger partial charge < -0.3 is 20.1 Å². The lowest BCUT2D eigenvalue weighted by atomic mass is 9.87. The number of halogens is 4. The van der Waals surface area contributed by atoms with Crippen molar-refractivity contribution in [2.75, 3.05) is 0 Å². The lowest BCUT2D eigenvalue weighted by Crippen LogP contribution is -2.33. The fraction of sp³-hybridized carbons (Fsp3) is 0.176. The maximum Gasteiger partial charge on any atom is 0.461 e. The Morgan fingerprint density at radius 3 is 2.41 bits per heavy atom. The van der Waals surface area contributed by atoms with Crippen LogP contribution in [0.5, 0.6) is 11.5 Å². The highest BCUT2D eigenvalue weighted by atomic mass is 19.3. The number of aromatic nitrogens is 1. The first-order valence-corrected chi connectivity index (χ1v) is 14.1. The molecule has 3 N–H and O–H groups in total. The molecule has 4 aliphatic rings. The molecule has 7 rings (SSSR count). The zero-order valence-electron chi connectivity index (χ0n) is 23.1. The zero-order valence-corrected chi connectivity index (χ0v) is 23.1. The summed E-state index contributed by atoms with van der Waals surface area (Å²) in [5.74, 6) is -0.522. The summed E-state index contributed by atoms with van der Waals surface area (Å²) in [6.45, 7) is 0. The van der Waals surface area contributed by atoms with E-state index < -0.39 is 12.5 Å². The minimum absolute atomic E-state index is 0.103. The molecule has 0 aliphatic carbocycles. The van der Waals surface area contributed by atoms with E-state index in [1.54, 1.807) is 24.3 Å². The minimum Gasteiger partial charge on any atom is -0.508 e. The van der Waals surface area contributed by atoms with Crippen molar-refractivity contribution in [3.05, 3.63) is 124 Å². The molecule has 222 valence electrons. The van der Waals surface area contributed by atoms with Crippen molar-refractivity contribution in [1.29, 1.82) is 0 Å². The Bertz CT molecular complexity index is 1950. The Kier molecular flexibility index (Phi) is 6.93. The zero-order chi connectivity index (χ0) is 30.4. The molecule has 1 aromatic heterocycles. The number of H-pyrrole nitrogens is 1. The van der Waals surface area contributed by atoms with Gasteiger partial charge in [-0.1, -0.05) is 24.3 Å². The van der Waals surface area contributed by atoms with E-state index in [0.717, 1.165) is 33.3 Å². The van der Waals surface area contributed by atoms with Gasteiger partial charge in [0.2, 0.25) is 0 Å². The van der Waals surface area contributed by atoms with Gasteiger partial charge in [0.1, 0.15) is 11.5 Å². The fourth-order valence-corrected chi connectivity index (χ4v) is 6.01.